The molecule has 1 fully saturated rings. The van der Waals surface area contributed by atoms with Gasteiger partial charge in [0.2, 0.25) is 5.88 Å². The SMILES string of the molecule is O=C1Nc2ccc(Cn3c(O)csc3=O)cc2C1=Cc1[nH]ccc1CN1CCOCC1. The van der Waals surface area contributed by atoms with E-state index in [1.165, 1.54) is 9.95 Å². The van der Waals surface area contributed by atoms with Gasteiger partial charge in [0, 0.05) is 42.8 Å². The summed E-state index contributed by atoms with van der Waals surface area (Å²) in [5.74, 6) is -0.214. The van der Waals surface area contributed by atoms with Crippen LogP contribution in [0, 0.1) is 0 Å². The Balaban J connectivity index is 1.44. The Labute approximate surface area is 182 Å². The number of carbonyl (C=O) groups excluding carboxylic acids is 1. The largest absolute Gasteiger partial charge is 0.494 e. The molecule has 4 heterocycles. The number of benzene rings is 1. The molecular weight excluding hydrogens is 416 g/mol. The first-order valence-electron chi connectivity index (χ1n) is 10.1. The number of amides is 1. The zero-order valence-electron chi connectivity index (χ0n) is 16.8. The molecule has 0 atom stereocenters. The number of morpholine rings is 1. The van der Waals surface area contributed by atoms with Gasteiger partial charge in [-0.1, -0.05) is 17.4 Å². The normalized spacial score (nSPS) is 17.8. The van der Waals surface area contributed by atoms with Crippen LogP contribution in [-0.4, -0.2) is 51.8 Å². The molecule has 31 heavy (non-hydrogen) atoms. The van der Waals surface area contributed by atoms with Crippen LogP contribution in [0.5, 0.6) is 5.88 Å². The van der Waals surface area contributed by atoms with E-state index in [9.17, 15) is 14.7 Å². The van der Waals surface area contributed by atoms with Gasteiger partial charge in [-0.05, 0) is 35.4 Å². The average Bonchev–Trinajstić information content (AvgIpc) is 3.43. The highest BCUT2D eigenvalue weighted by atomic mass is 32.1. The van der Waals surface area contributed by atoms with Gasteiger partial charge in [0.15, 0.2) is 0 Å². The lowest BCUT2D eigenvalue weighted by Gasteiger charge is -2.26. The molecule has 1 saturated heterocycles. The van der Waals surface area contributed by atoms with Crippen molar-refractivity contribution < 1.29 is 14.6 Å². The number of fused-ring (bicyclic) bond motifs is 1. The summed E-state index contributed by atoms with van der Waals surface area (Å²) in [6, 6.07) is 7.62. The van der Waals surface area contributed by atoms with Gasteiger partial charge in [0.1, 0.15) is 0 Å². The quantitative estimate of drug-likeness (QED) is 0.531. The van der Waals surface area contributed by atoms with Crippen LogP contribution >= 0.6 is 11.3 Å². The van der Waals surface area contributed by atoms with Crippen molar-refractivity contribution in [1.29, 1.82) is 0 Å². The lowest BCUT2D eigenvalue weighted by atomic mass is 10.0. The third-order valence-electron chi connectivity index (χ3n) is 5.63. The Morgan fingerprint density at radius 3 is 2.77 bits per heavy atom. The topological polar surface area (TPSA) is 99.6 Å². The number of anilines is 1. The van der Waals surface area contributed by atoms with Gasteiger partial charge < -0.3 is 20.1 Å². The van der Waals surface area contributed by atoms with Crippen LogP contribution in [0.3, 0.4) is 0 Å². The third kappa shape index (κ3) is 3.95. The highest BCUT2D eigenvalue weighted by Gasteiger charge is 2.25. The Hall–Kier alpha value is -3.14. The van der Waals surface area contributed by atoms with Crippen LogP contribution in [0.2, 0.25) is 0 Å². The second kappa shape index (κ2) is 8.18. The van der Waals surface area contributed by atoms with E-state index in [0.29, 0.717) is 5.57 Å². The molecule has 0 unspecified atom stereocenters. The summed E-state index contributed by atoms with van der Waals surface area (Å²) in [7, 11) is 0. The lowest BCUT2D eigenvalue weighted by Crippen LogP contribution is -2.35. The minimum atomic E-state index is -0.220. The van der Waals surface area contributed by atoms with E-state index >= 15 is 0 Å². The summed E-state index contributed by atoms with van der Waals surface area (Å²) >= 11 is 0.959. The minimum absolute atomic E-state index is 0.0559. The van der Waals surface area contributed by atoms with Gasteiger partial charge >= 0.3 is 4.87 Å². The number of ether oxygens (including phenoxy) is 1. The number of hydrogen-bond acceptors (Lipinski definition) is 6. The summed E-state index contributed by atoms with van der Waals surface area (Å²) in [5.41, 5.74) is 4.96. The van der Waals surface area contributed by atoms with E-state index in [1.54, 1.807) is 0 Å². The molecule has 0 radical (unpaired) electrons. The zero-order chi connectivity index (χ0) is 21.4. The first kappa shape index (κ1) is 19.8. The fourth-order valence-corrected chi connectivity index (χ4v) is 4.58. The highest BCUT2D eigenvalue weighted by molar-refractivity contribution is 7.07. The number of carbonyl (C=O) groups is 1. The predicted octanol–water partition coefficient (Wildman–Crippen LogP) is 2.32. The van der Waals surface area contributed by atoms with Gasteiger partial charge in [-0.25, -0.2) is 0 Å². The van der Waals surface area contributed by atoms with Gasteiger partial charge in [0.05, 0.1) is 30.7 Å². The van der Waals surface area contributed by atoms with E-state index in [4.69, 9.17) is 4.74 Å². The van der Waals surface area contributed by atoms with E-state index in [2.05, 4.69) is 15.2 Å². The van der Waals surface area contributed by atoms with Crippen LogP contribution in [0.15, 0.2) is 40.6 Å². The molecule has 0 spiro atoms. The van der Waals surface area contributed by atoms with Crippen molar-refractivity contribution in [2.75, 3.05) is 31.6 Å². The molecule has 160 valence electrons. The van der Waals surface area contributed by atoms with Crippen molar-refractivity contribution in [3.8, 4) is 5.88 Å². The van der Waals surface area contributed by atoms with Gasteiger partial charge in [-0.2, -0.15) is 0 Å². The van der Waals surface area contributed by atoms with Crippen LogP contribution in [-0.2, 0) is 22.6 Å². The summed E-state index contributed by atoms with van der Waals surface area (Å²) in [4.78, 5) is 30.0. The molecule has 3 aromatic rings. The molecule has 8 nitrogen and oxygen atoms in total. The molecule has 5 rings (SSSR count). The standard InChI is InChI=1S/C22H22N4O4S/c27-20-13-31-22(29)26(20)11-14-1-2-18-16(9-14)17(21(28)24-18)10-19-15(3-4-23-19)12-25-5-7-30-8-6-25/h1-4,9-10,13,23,27H,5-8,11-12H2,(H,24,28). The summed E-state index contributed by atoms with van der Waals surface area (Å²) < 4.78 is 6.73. The Morgan fingerprint density at radius 2 is 2.00 bits per heavy atom. The number of aromatic nitrogens is 2. The Kier molecular flexibility index (Phi) is 5.23. The molecule has 0 saturated carbocycles. The van der Waals surface area contributed by atoms with Crippen molar-refractivity contribution >= 4 is 34.6 Å². The maximum atomic E-state index is 12.7. The highest BCUT2D eigenvalue weighted by Crippen LogP contribution is 2.34. The molecule has 9 heteroatoms. The molecule has 1 amide bonds. The number of hydrogen-bond donors (Lipinski definition) is 3. The second-order valence-corrected chi connectivity index (χ2v) is 8.46. The Bertz CT molecular complexity index is 1220. The number of thiazole rings is 1. The average molecular weight is 439 g/mol. The fraction of sp³-hybridized carbons (Fsp3) is 0.273. The number of nitrogens with one attached hydrogen (secondary N) is 2. The van der Waals surface area contributed by atoms with Crippen LogP contribution < -0.4 is 10.2 Å². The van der Waals surface area contributed by atoms with Crippen LogP contribution in [0.25, 0.3) is 11.6 Å². The first-order chi connectivity index (χ1) is 15.1. The fourth-order valence-electron chi connectivity index (χ4n) is 3.96. The van der Waals surface area contributed by atoms with Crippen LogP contribution in [0.4, 0.5) is 5.69 Å². The molecular formula is C22H22N4O4S. The number of rotatable bonds is 5. The molecule has 0 bridgehead atoms. The molecule has 3 N–H and O–H groups in total. The monoisotopic (exact) mass is 438 g/mol. The molecule has 2 aromatic heterocycles. The van der Waals surface area contributed by atoms with Crippen molar-refractivity contribution in [3.63, 3.8) is 0 Å². The van der Waals surface area contributed by atoms with Crippen molar-refractivity contribution in [2.45, 2.75) is 13.1 Å². The van der Waals surface area contributed by atoms with Crippen LogP contribution in [0.1, 0.15) is 22.4 Å². The van der Waals surface area contributed by atoms with Gasteiger partial charge in [0.25, 0.3) is 5.91 Å². The maximum Gasteiger partial charge on any atom is 0.310 e. The number of H-pyrrole nitrogens is 1. The smallest absolute Gasteiger partial charge is 0.310 e. The summed E-state index contributed by atoms with van der Waals surface area (Å²) in [5, 5.41) is 14.2. The lowest BCUT2D eigenvalue weighted by molar-refractivity contribution is -0.110. The molecule has 1 aromatic carbocycles. The van der Waals surface area contributed by atoms with Crippen molar-refractivity contribution in [1.82, 2.24) is 14.5 Å². The van der Waals surface area contributed by atoms with E-state index in [0.717, 1.165) is 72.3 Å². The van der Waals surface area contributed by atoms with E-state index in [-0.39, 0.29) is 23.2 Å². The number of aromatic hydroxyl groups is 1. The molecule has 2 aliphatic rings. The molecule has 2 aliphatic heterocycles. The van der Waals surface area contributed by atoms with Crippen molar-refractivity contribution in [2.24, 2.45) is 0 Å². The summed E-state index contributed by atoms with van der Waals surface area (Å²) in [6.07, 6.45) is 3.77. The minimum Gasteiger partial charge on any atom is -0.494 e. The summed E-state index contributed by atoms with van der Waals surface area (Å²) in [6.45, 7) is 4.30. The zero-order valence-corrected chi connectivity index (χ0v) is 17.6. The Morgan fingerprint density at radius 1 is 1.16 bits per heavy atom. The number of aromatic amines is 1. The predicted molar refractivity (Wildman–Crippen MR) is 119 cm³/mol. The second-order valence-electron chi connectivity index (χ2n) is 7.64. The van der Waals surface area contributed by atoms with Gasteiger partial charge in [-0.3, -0.25) is 19.1 Å². The van der Waals surface area contributed by atoms with E-state index < -0.39 is 0 Å². The first-order valence-corrected chi connectivity index (χ1v) is 11.0. The third-order valence-corrected chi connectivity index (χ3v) is 6.38. The molecule has 0 aliphatic carbocycles. The van der Waals surface area contributed by atoms with E-state index in [1.807, 2.05) is 36.5 Å². The van der Waals surface area contributed by atoms with Crippen molar-refractivity contribution in [3.05, 3.63) is 67.9 Å². The number of nitrogens with zero attached hydrogens (tertiary/aromatic N) is 2. The van der Waals surface area contributed by atoms with Gasteiger partial charge in [-0.15, -0.1) is 0 Å². The maximum absolute atomic E-state index is 12.7.